The van der Waals surface area contributed by atoms with Crippen LogP contribution in [0.1, 0.15) is 39.2 Å². The van der Waals surface area contributed by atoms with Crippen LogP contribution in [0.25, 0.3) is 0 Å². The van der Waals surface area contributed by atoms with Gasteiger partial charge in [-0.05, 0) is 42.5 Å². The van der Waals surface area contributed by atoms with Crippen molar-refractivity contribution in [3.8, 4) is 0 Å². The zero-order chi connectivity index (χ0) is 14.8. The van der Waals surface area contributed by atoms with Crippen LogP contribution in [-0.4, -0.2) is 19.6 Å². The average molecular weight is 282 g/mol. The third kappa shape index (κ3) is 3.48. The first kappa shape index (κ1) is 15.2. The highest BCUT2D eigenvalue weighted by molar-refractivity contribution is 5.51. The molecule has 0 unspecified atom stereocenters. The Morgan fingerprint density at radius 1 is 1.25 bits per heavy atom. The molecule has 1 N–H and O–H groups in total. The van der Waals surface area contributed by atoms with Gasteiger partial charge in [0.15, 0.2) is 0 Å². The zero-order valence-electron chi connectivity index (χ0n) is 12.6. The highest BCUT2D eigenvalue weighted by Crippen LogP contribution is 2.34. The summed E-state index contributed by atoms with van der Waals surface area (Å²) in [5.41, 5.74) is 0.902. The number of rotatable bonds is 4. The number of hydrogen-bond acceptors (Lipinski definition) is 2. The van der Waals surface area contributed by atoms with E-state index in [2.05, 4.69) is 19.2 Å². The second kappa shape index (κ2) is 6.08. The highest BCUT2D eigenvalue weighted by Gasteiger charge is 2.29. The Bertz CT molecular complexity index is 449. The third-order valence-corrected chi connectivity index (χ3v) is 3.87. The molecule has 1 aromatic rings. The van der Waals surface area contributed by atoms with E-state index in [-0.39, 0.29) is 11.1 Å². The maximum Gasteiger partial charge on any atom is 0.149 e. The van der Waals surface area contributed by atoms with Gasteiger partial charge in [0, 0.05) is 19.6 Å². The van der Waals surface area contributed by atoms with Gasteiger partial charge in [-0.2, -0.15) is 0 Å². The van der Waals surface area contributed by atoms with Gasteiger partial charge in [0.25, 0.3) is 0 Å². The molecule has 4 heteroatoms. The molecule has 2 nitrogen and oxygen atoms in total. The van der Waals surface area contributed by atoms with E-state index in [0.29, 0.717) is 18.7 Å². The van der Waals surface area contributed by atoms with Gasteiger partial charge < -0.3 is 10.2 Å². The van der Waals surface area contributed by atoms with E-state index >= 15 is 0 Å². The van der Waals surface area contributed by atoms with E-state index in [9.17, 15) is 8.78 Å². The molecule has 0 aliphatic carbocycles. The van der Waals surface area contributed by atoms with Crippen LogP contribution < -0.4 is 10.2 Å². The van der Waals surface area contributed by atoms with Gasteiger partial charge >= 0.3 is 0 Å². The lowest BCUT2D eigenvalue weighted by molar-refractivity contribution is 0.290. The molecule has 112 valence electrons. The van der Waals surface area contributed by atoms with Gasteiger partial charge in [-0.3, -0.25) is 0 Å². The topological polar surface area (TPSA) is 15.3 Å². The van der Waals surface area contributed by atoms with E-state index in [0.717, 1.165) is 25.9 Å². The zero-order valence-corrected chi connectivity index (χ0v) is 12.6. The van der Waals surface area contributed by atoms with Gasteiger partial charge in [-0.15, -0.1) is 0 Å². The molecule has 1 heterocycles. The molecule has 0 radical (unpaired) electrons. The normalized spacial score (nSPS) is 18.4. The summed E-state index contributed by atoms with van der Waals surface area (Å²) >= 11 is 0. The predicted molar refractivity (Wildman–Crippen MR) is 79.0 cm³/mol. The quantitative estimate of drug-likeness (QED) is 0.906. The summed E-state index contributed by atoms with van der Waals surface area (Å²) in [6.07, 6.45) is 2.08. The molecule has 0 atom stereocenters. The van der Waals surface area contributed by atoms with Crippen molar-refractivity contribution in [2.75, 3.05) is 24.5 Å². The third-order valence-electron chi connectivity index (χ3n) is 3.87. The van der Waals surface area contributed by atoms with Gasteiger partial charge in [0.05, 0.1) is 0 Å². The first-order valence-electron chi connectivity index (χ1n) is 7.36. The van der Waals surface area contributed by atoms with Gasteiger partial charge in [-0.1, -0.05) is 20.8 Å². The van der Waals surface area contributed by atoms with Crippen LogP contribution in [0.4, 0.5) is 14.5 Å². The summed E-state index contributed by atoms with van der Waals surface area (Å²) in [4.78, 5) is 1.85. The minimum atomic E-state index is -0.449. The molecule has 0 aromatic heterocycles. The minimum absolute atomic E-state index is 0.111. The van der Waals surface area contributed by atoms with Crippen molar-refractivity contribution in [3.63, 3.8) is 0 Å². The molecule has 0 spiro atoms. The van der Waals surface area contributed by atoms with E-state index in [1.807, 2.05) is 11.8 Å². The Morgan fingerprint density at radius 2 is 1.90 bits per heavy atom. The fourth-order valence-corrected chi connectivity index (χ4v) is 2.91. The number of hydrogen-bond donors (Lipinski definition) is 1. The SMILES string of the molecule is CCNCc1cc(F)c(N2CCCC(C)(C)C2)c(F)c1. The molecular formula is C16H24F2N2. The predicted octanol–water partition coefficient (Wildman–Crippen LogP) is 3.70. The van der Waals surface area contributed by atoms with Crippen LogP contribution in [-0.2, 0) is 6.54 Å². The van der Waals surface area contributed by atoms with E-state index < -0.39 is 11.6 Å². The summed E-state index contributed by atoms with van der Waals surface area (Å²) in [7, 11) is 0. The van der Waals surface area contributed by atoms with E-state index in [1.165, 1.54) is 12.1 Å². The first-order valence-corrected chi connectivity index (χ1v) is 7.36. The molecule has 1 fully saturated rings. The lowest BCUT2D eigenvalue weighted by atomic mass is 9.84. The lowest BCUT2D eigenvalue weighted by Gasteiger charge is -2.39. The Labute approximate surface area is 120 Å². The van der Waals surface area contributed by atoms with Gasteiger partial charge in [0.1, 0.15) is 17.3 Å². The van der Waals surface area contributed by atoms with Crippen LogP contribution in [0.3, 0.4) is 0 Å². The Balaban J connectivity index is 2.23. The smallest absolute Gasteiger partial charge is 0.149 e. The first-order chi connectivity index (χ1) is 9.43. The molecule has 0 saturated carbocycles. The van der Waals surface area contributed by atoms with E-state index in [4.69, 9.17) is 0 Å². The molecule has 1 aliphatic rings. The molecule has 1 saturated heterocycles. The standard InChI is InChI=1S/C16H24F2N2/c1-4-19-10-12-8-13(17)15(14(18)9-12)20-7-5-6-16(2,3)11-20/h8-9,19H,4-7,10-11H2,1-3H3. The number of piperidine rings is 1. The number of nitrogens with one attached hydrogen (secondary N) is 1. The summed E-state index contributed by atoms with van der Waals surface area (Å²) in [6.45, 7) is 8.97. The molecule has 0 amide bonds. The summed E-state index contributed by atoms with van der Waals surface area (Å²) in [5.74, 6) is -0.897. The van der Waals surface area contributed by atoms with Crippen LogP contribution >= 0.6 is 0 Å². The van der Waals surface area contributed by atoms with Gasteiger partial charge in [-0.25, -0.2) is 8.78 Å². The molecule has 1 aromatic carbocycles. The Hall–Kier alpha value is -1.16. The fourth-order valence-electron chi connectivity index (χ4n) is 2.91. The number of benzene rings is 1. The number of nitrogens with zero attached hydrogens (tertiary/aromatic N) is 1. The fraction of sp³-hybridized carbons (Fsp3) is 0.625. The van der Waals surface area contributed by atoms with Crippen molar-refractivity contribution >= 4 is 5.69 Å². The second-order valence-electron chi connectivity index (χ2n) is 6.38. The molecule has 0 bridgehead atoms. The Morgan fingerprint density at radius 3 is 2.45 bits per heavy atom. The minimum Gasteiger partial charge on any atom is -0.366 e. The van der Waals surface area contributed by atoms with Crippen molar-refractivity contribution in [1.29, 1.82) is 0 Å². The van der Waals surface area contributed by atoms with Crippen molar-refractivity contribution in [2.24, 2.45) is 5.41 Å². The molecule has 1 aliphatic heterocycles. The number of anilines is 1. The monoisotopic (exact) mass is 282 g/mol. The largest absolute Gasteiger partial charge is 0.366 e. The van der Waals surface area contributed by atoms with Crippen molar-refractivity contribution in [2.45, 2.75) is 40.2 Å². The van der Waals surface area contributed by atoms with Crippen LogP contribution in [0.15, 0.2) is 12.1 Å². The highest BCUT2D eigenvalue weighted by atomic mass is 19.1. The van der Waals surface area contributed by atoms with Crippen molar-refractivity contribution < 1.29 is 8.78 Å². The Kier molecular flexibility index (Phi) is 4.63. The van der Waals surface area contributed by atoms with Crippen LogP contribution in [0, 0.1) is 17.0 Å². The van der Waals surface area contributed by atoms with Crippen LogP contribution in [0.2, 0.25) is 0 Å². The van der Waals surface area contributed by atoms with Crippen molar-refractivity contribution in [3.05, 3.63) is 29.3 Å². The van der Waals surface area contributed by atoms with E-state index in [1.54, 1.807) is 0 Å². The average Bonchev–Trinajstić information content (AvgIpc) is 2.34. The summed E-state index contributed by atoms with van der Waals surface area (Å²) in [6, 6.07) is 2.89. The molecule has 20 heavy (non-hydrogen) atoms. The second-order valence-corrected chi connectivity index (χ2v) is 6.38. The lowest BCUT2D eigenvalue weighted by Crippen LogP contribution is -2.41. The maximum absolute atomic E-state index is 14.3. The van der Waals surface area contributed by atoms with Crippen LogP contribution in [0.5, 0.6) is 0 Å². The van der Waals surface area contributed by atoms with Gasteiger partial charge in [0.2, 0.25) is 0 Å². The number of halogens is 2. The maximum atomic E-state index is 14.3. The van der Waals surface area contributed by atoms with Crippen molar-refractivity contribution in [1.82, 2.24) is 5.32 Å². The molecule has 2 rings (SSSR count). The molecular weight excluding hydrogens is 258 g/mol. The summed E-state index contributed by atoms with van der Waals surface area (Å²) in [5, 5.41) is 3.08. The summed E-state index contributed by atoms with van der Waals surface area (Å²) < 4.78 is 28.5.